The van der Waals surface area contributed by atoms with Gasteiger partial charge in [-0.15, -0.1) is 0 Å². The second kappa shape index (κ2) is 7.54. The standard InChI is InChI=1S/C19H14ClF8/c1-3-10-7-11(4-2)16(13-9-12(20)5-6-15(13)21)14(8-10)17(22,18(23,24)25)19(26,27)28/h5-6,8-9H,3-4H2,1-2H3. The fourth-order valence-corrected chi connectivity index (χ4v) is 3.06. The van der Waals surface area contributed by atoms with Crippen LogP contribution in [0.5, 0.6) is 0 Å². The fourth-order valence-electron chi connectivity index (χ4n) is 2.89. The Balaban J connectivity index is 3.07. The van der Waals surface area contributed by atoms with Gasteiger partial charge < -0.3 is 0 Å². The van der Waals surface area contributed by atoms with E-state index in [2.05, 4.69) is 6.07 Å². The van der Waals surface area contributed by atoms with Gasteiger partial charge in [-0.3, -0.25) is 0 Å². The van der Waals surface area contributed by atoms with Gasteiger partial charge in [0, 0.05) is 16.1 Å². The third kappa shape index (κ3) is 3.71. The van der Waals surface area contributed by atoms with Crippen molar-refractivity contribution in [1.29, 1.82) is 0 Å². The van der Waals surface area contributed by atoms with E-state index in [1.807, 2.05) is 0 Å². The van der Waals surface area contributed by atoms with Crippen molar-refractivity contribution >= 4 is 11.6 Å². The summed E-state index contributed by atoms with van der Waals surface area (Å²) in [5.41, 5.74) is -9.17. The van der Waals surface area contributed by atoms with Crippen LogP contribution in [0, 0.1) is 11.9 Å². The third-order valence-corrected chi connectivity index (χ3v) is 4.52. The van der Waals surface area contributed by atoms with Gasteiger partial charge in [-0.1, -0.05) is 31.5 Å². The number of alkyl halides is 7. The number of aryl methyl sites for hydroxylation is 2. The molecule has 0 aliphatic heterocycles. The molecule has 0 amide bonds. The van der Waals surface area contributed by atoms with Gasteiger partial charge >= 0.3 is 18.0 Å². The first-order valence-corrected chi connectivity index (χ1v) is 8.52. The van der Waals surface area contributed by atoms with Gasteiger partial charge in [0.25, 0.3) is 0 Å². The molecule has 2 aromatic rings. The van der Waals surface area contributed by atoms with Gasteiger partial charge in [0.05, 0.1) is 0 Å². The molecule has 0 aromatic heterocycles. The van der Waals surface area contributed by atoms with Crippen LogP contribution in [-0.4, -0.2) is 12.4 Å². The van der Waals surface area contributed by atoms with Crippen LogP contribution in [-0.2, 0) is 18.5 Å². The van der Waals surface area contributed by atoms with E-state index >= 15 is 0 Å². The zero-order chi connectivity index (χ0) is 21.5. The Hall–Kier alpha value is -1.83. The molecule has 0 unspecified atom stereocenters. The smallest absolute Gasteiger partial charge is 0.218 e. The summed E-state index contributed by atoms with van der Waals surface area (Å²) in [5, 5.41) is -0.132. The van der Waals surface area contributed by atoms with E-state index in [0.29, 0.717) is 6.07 Å². The molecule has 2 rings (SSSR count). The summed E-state index contributed by atoms with van der Waals surface area (Å²) in [6.45, 7) is 2.90. The molecule has 0 saturated heterocycles. The van der Waals surface area contributed by atoms with Crippen LogP contribution in [0.2, 0.25) is 5.02 Å². The van der Waals surface area contributed by atoms with Crippen LogP contribution in [0.3, 0.4) is 0 Å². The Morgan fingerprint density at radius 1 is 0.893 bits per heavy atom. The summed E-state index contributed by atoms with van der Waals surface area (Å²) in [6, 6.07) is 5.83. The highest BCUT2D eigenvalue weighted by Crippen LogP contribution is 2.56. The summed E-state index contributed by atoms with van der Waals surface area (Å²) in [5.74, 6) is -1.13. The van der Waals surface area contributed by atoms with Crippen molar-refractivity contribution in [3.8, 4) is 11.1 Å². The molecule has 1 radical (unpaired) electrons. The summed E-state index contributed by atoms with van der Waals surface area (Å²) in [4.78, 5) is 0. The molecule has 153 valence electrons. The lowest BCUT2D eigenvalue weighted by Crippen LogP contribution is -2.50. The van der Waals surface area contributed by atoms with Crippen LogP contribution in [0.15, 0.2) is 24.3 Å². The maximum absolute atomic E-state index is 14.9. The highest BCUT2D eigenvalue weighted by molar-refractivity contribution is 6.30. The first-order chi connectivity index (χ1) is 12.8. The number of hydrogen-bond acceptors (Lipinski definition) is 0. The molecule has 0 fully saturated rings. The number of benzene rings is 2. The molecule has 0 atom stereocenters. The van der Waals surface area contributed by atoms with E-state index in [4.69, 9.17) is 11.6 Å². The first kappa shape index (κ1) is 22.5. The van der Waals surface area contributed by atoms with Crippen molar-refractivity contribution in [3.05, 3.63) is 57.9 Å². The zero-order valence-electron chi connectivity index (χ0n) is 14.6. The van der Waals surface area contributed by atoms with E-state index in [1.54, 1.807) is 0 Å². The lowest BCUT2D eigenvalue weighted by Gasteiger charge is -2.33. The maximum Gasteiger partial charge on any atom is 0.435 e. The molecule has 9 heteroatoms. The topological polar surface area (TPSA) is 0 Å². The van der Waals surface area contributed by atoms with E-state index in [1.165, 1.54) is 13.8 Å². The average molecular weight is 430 g/mol. The van der Waals surface area contributed by atoms with Crippen molar-refractivity contribution in [3.63, 3.8) is 0 Å². The second-order valence-electron chi connectivity index (χ2n) is 6.05. The second-order valence-corrected chi connectivity index (χ2v) is 6.48. The Kier molecular flexibility index (Phi) is 6.05. The third-order valence-electron chi connectivity index (χ3n) is 4.29. The minimum atomic E-state index is -6.33. The van der Waals surface area contributed by atoms with Crippen molar-refractivity contribution in [2.45, 2.75) is 44.7 Å². The molecule has 0 saturated carbocycles. The Labute approximate surface area is 161 Å². The minimum absolute atomic E-state index is 0.00407. The molecule has 0 spiro atoms. The van der Waals surface area contributed by atoms with Crippen LogP contribution < -0.4 is 0 Å². The van der Waals surface area contributed by atoms with E-state index in [-0.39, 0.29) is 29.0 Å². The lowest BCUT2D eigenvalue weighted by atomic mass is 9.82. The summed E-state index contributed by atoms with van der Waals surface area (Å²) < 4.78 is 110. The summed E-state index contributed by atoms with van der Waals surface area (Å²) in [7, 11) is 0. The predicted molar refractivity (Wildman–Crippen MR) is 89.3 cm³/mol. The summed E-state index contributed by atoms with van der Waals surface area (Å²) in [6.07, 6.45) is -12.8. The van der Waals surface area contributed by atoms with Crippen molar-refractivity contribution in [2.75, 3.05) is 0 Å². The predicted octanol–water partition coefficient (Wildman–Crippen LogP) is 7.36. The Bertz CT molecular complexity index is 853. The normalized spacial score (nSPS) is 13.1. The average Bonchev–Trinajstić information content (AvgIpc) is 2.60. The Morgan fingerprint density at radius 3 is 1.93 bits per heavy atom. The van der Waals surface area contributed by atoms with Crippen LogP contribution in [0.25, 0.3) is 11.1 Å². The number of halogens is 9. The Morgan fingerprint density at radius 2 is 1.46 bits per heavy atom. The maximum atomic E-state index is 14.9. The van der Waals surface area contributed by atoms with Gasteiger partial charge in [-0.25, -0.2) is 8.78 Å². The molecule has 28 heavy (non-hydrogen) atoms. The monoisotopic (exact) mass is 429 g/mol. The molecular weight excluding hydrogens is 416 g/mol. The fraction of sp³-hybridized carbons (Fsp3) is 0.368. The molecule has 0 aliphatic carbocycles. The highest BCUT2D eigenvalue weighted by Gasteiger charge is 2.74. The SMILES string of the molecule is CCc1[c]c(CC)c(-c2cc(Cl)ccc2F)c(C(F)(C(F)(F)F)C(F)(F)F)c1. The molecule has 0 aliphatic rings. The summed E-state index contributed by atoms with van der Waals surface area (Å²) >= 11 is 5.75. The van der Waals surface area contributed by atoms with Gasteiger partial charge in [-0.2, -0.15) is 26.3 Å². The highest BCUT2D eigenvalue weighted by atomic mass is 35.5. The van der Waals surface area contributed by atoms with Crippen molar-refractivity contribution in [1.82, 2.24) is 0 Å². The van der Waals surface area contributed by atoms with Crippen molar-refractivity contribution < 1.29 is 35.1 Å². The van der Waals surface area contributed by atoms with Gasteiger partial charge in [0.2, 0.25) is 0 Å². The minimum Gasteiger partial charge on any atom is -0.218 e. The van der Waals surface area contributed by atoms with Crippen molar-refractivity contribution in [2.24, 2.45) is 0 Å². The van der Waals surface area contributed by atoms with Gasteiger partial charge in [-0.05, 0) is 53.8 Å². The van der Waals surface area contributed by atoms with E-state index < -0.39 is 40.5 Å². The van der Waals surface area contributed by atoms with Gasteiger partial charge in [0.15, 0.2) is 0 Å². The first-order valence-electron chi connectivity index (χ1n) is 8.14. The molecular formula is C19H14ClF8. The van der Waals surface area contributed by atoms with E-state index in [9.17, 15) is 35.1 Å². The van der Waals surface area contributed by atoms with Gasteiger partial charge in [0.1, 0.15) is 5.82 Å². The molecule has 0 nitrogen and oxygen atoms in total. The largest absolute Gasteiger partial charge is 0.435 e. The number of rotatable bonds is 4. The molecule has 0 N–H and O–H groups in total. The zero-order valence-corrected chi connectivity index (χ0v) is 15.4. The van der Waals surface area contributed by atoms with Crippen LogP contribution in [0.1, 0.15) is 30.5 Å². The van der Waals surface area contributed by atoms with Crippen LogP contribution >= 0.6 is 11.6 Å². The quantitative estimate of drug-likeness (QED) is 0.445. The van der Waals surface area contributed by atoms with Crippen LogP contribution in [0.4, 0.5) is 35.1 Å². The number of hydrogen-bond donors (Lipinski definition) is 0. The molecule has 0 bridgehead atoms. The lowest BCUT2D eigenvalue weighted by molar-refractivity contribution is -0.348. The molecule has 2 aromatic carbocycles. The molecule has 0 heterocycles. The van der Waals surface area contributed by atoms with E-state index in [0.717, 1.165) is 18.2 Å².